The number of aromatic hydroxyl groups is 1. The van der Waals surface area contributed by atoms with Crippen LogP contribution >= 0.6 is 0 Å². The van der Waals surface area contributed by atoms with E-state index in [2.05, 4.69) is 34.8 Å². The highest BCUT2D eigenvalue weighted by Gasteiger charge is 2.20. The van der Waals surface area contributed by atoms with Gasteiger partial charge in [-0.25, -0.2) is 4.39 Å². The van der Waals surface area contributed by atoms with Crippen molar-refractivity contribution in [1.29, 1.82) is 0 Å². The van der Waals surface area contributed by atoms with E-state index in [0.717, 1.165) is 24.7 Å². The van der Waals surface area contributed by atoms with Crippen LogP contribution < -0.4 is 4.90 Å². The van der Waals surface area contributed by atoms with Crippen LogP contribution in [0.4, 0.5) is 15.8 Å². The van der Waals surface area contributed by atoms with Crippen molar-refractivity contribution in [3.63, 3.8) is 0 Å². The van der Waals surface area contributed by atoms with Crippen molar-refractivity contribution < 1.29 is 9.50 Å². The second-order valence-electron chi connectivity index (χ2n) is 8.00. The number of piperidine rings is 1. The highest BCUT2D eigenvalue weighted by molar-refractivity contribution is 6.02. The molecule has 1 saturated heterocycles. The highest BCUT2D eigenvalue weighted by atomic mass is 19.1. The third kappa shape index (κ3) is 4.00. The van der Waals surface area contributed by atoms with Crippen LogP contribution in [0.5, 0.6) is 5.88 Å². The quantitative estimate of drug-likeness (QED) is 0.516. The second-order valence-corrected chi connectivity index (χ2v) is 8.00. The van der Waals surface area contributed by atoms with Gasteiger partial charge in [0.2, 0.25) is 0 Å². The lowest BCUT2D eigenvalue weighted by molar-refractivity contribution is 0.378. The number of aromatic amines is 1. The number of hydrogen-bond donors (Lipinski definition) is 2. The smallest absolute Gasteiger partial charge is 0.198 e. The number of benzene rings is 2. The van der Waals surface area contributed by atoms with E-state index in [1.54, 1.807) is 12.1 Å². The van der Waals surface area contributed by atoms with Gasteiger partial charge in [0.15, 0.2) is 5.88 Å². The minimum Gasteiger partial charge on any atom is -0.494 e. The lowest BCUT2D eigenvalue weighted by Crippen LogP contribution is -2.34. The first-order chi connectivity index (χ1) is 14.1. The number of halogens is 1. The fourth-order valence-corrected chi connectivity index (χ4v) is 4.43. The number of fused-ring (bicyclic) bond motifs is 1. The van der Waals surface area contributed by atoms with Crippen molar-refractivity contribution in [2.45, 2.75) is 39.5 Å². The van der Waals surface area contributed by atoms with E-state index in [9.17, 15) is 9.50 Å². The Hall–Kier alpha value is -2.82. The van der Waals surface area contributed by atoms with Crippen molar-refractivity contribution in [3.05, 3.63) is 53.3 Å². The fourth-order valence-electron chi connectivity index (χ4n) is 4.43. The summed E-state index contributed by atoms with van der Waals surface area (Å²) >= 11 is 0. The average Bonchev–Trinajstić information content (AvgIpc) is 3.04. The Kier molecular flexibility index (Phi) is 5.56. The number of H-pyrrole nitrogens is 1. The molecule has 0 atom stereocenters. The molecule has 1 fully saturated rings. The van der Waals surface area contributed by atoms with E-state index in [1.165, 1.54) is 49.2 Å². The molecule has 0 spiro atoms. The molecule has 0 unspecified atom stereocenters. The van der Waals surface area contributed by atoms with E-state index in [-0.39, 0.29) is 11.7 Å². The summed E-state index contributed by atoms with van der Waals surface area (Å²) in [6, 6.07) is 10.9. The summed E-state index contributed by atoms with van der Waals surface area (Å²) in [6.07, 6.45) is 6.66. The van der Waals surface area contributed by atoms with Crippen LogP contribution in [0.1, 0.15) is 43.7 Å². The molecular weight excluding hydrogens is 365 g/mol. The van der Waals surface area contributed by atoms with E-state index in [0.29, 0.717) is 16.5 Å². The molecule has 2 aromatic carbocycles. The Labute approximate surface area is 171 Å². The molecule has 3 aromatic rings. The normalized spacial score (nSPS) is 15.6. The lowest BCUT2D eigenvalue weighted by Gasteiger charge is -2.34. The molecule has 4 nitrogen and oxygen atoms in total. The van der Waals surface area contributed by atoms with Gasteiger partial charge in [0.25, 0.3) is 0 Å². The maximum absolute atomic E-state index is 14.2. The maximum atomic E-state index is 14.2. The molecule has 2 heterocycles. The van der Waals surface area contributed by atoms with Crippen LogP contribution in [-0.2, 0) is 0 Å². The molecular formula is C24H28FN3O. The Balaban J connectivity index is 1.53. The summed E-state index contributed by atoms with van der Waals surface area (Å²) in [5, 5.41) is 10.5. The van der Waals surface area contributed by atoms with Crippen molar-refractivity contribution in [1.82, 2.24) is 4.98 Å². The van der Waals surface area contributed by atoms with Crippen LogP contribution in [0, 0.1) is 18.7 Å². The monoisotopic (exact) mass is 393 g/mol. The standard InChI is InChI=1S/C24H28FN3O/c1-3-5-17-10-12-28(13-11-17)22-9-8-18(14-16(22)2)26-15-19-23-20(25)6-4-7-21(23)27-24(19)29/h4,6-9,14-15,17,27,29H,3,5,10-13H2,1-2H3. The maximum Gasteiger partial charge on any atom is 0.198 e. The zero-order chi connectivity index (χ0) is 20.4. The van der Waals surface area contributed by atoms with Crippen molar-refractivity contribution >= 4 is 28.5 Å². The minimum absolute atomic E-state index is 0.0721. The van der Waals surface area contributed by atoms with E-state index in [1.807, 2.05) is 12.1 Å². The molecule has 0 aliphatic carbocycles. The molecule has 0 amide bonds. The van der Waals surface area contributed by atoms with Crippen LogP contribution in [-0.4, -0.2) is 29.4 Å². The number of aryl methyl sites for hydroxylation is 1. The third-order valence-corrected chi connectivity index (χ3v) is 5.97. The van der Waals surface area contributed by atoms with Gasteiger partial charge in [0.1, 0.15) is 5.82 Å². The number of anilines is 1. The van der Waals surface area contributed by atoms with E-state index >= 15 is 0 Å². The minimum atomic E-state index is -0.376. The number of nitrogens with one attached hydrogen (secondary N) is 1. The van der Waals surface area contributed by atoms with Gasteiger partial charge in [-0.05, 0) is 61.6 Å². The summed E-state index contributed by atoms with van der Waals surface area (Å²) in [5.74, 6) is 0.417. The van der Waals surface area contributed by atoms with Gasteiger partial charge >= 0.3 is 0 Å². The van der Waals surface area contributed by atoms with Gasteiger partial charge in [0, 0.05) is 30.4 Å². The summed E-state index contributed by atoms with van der Waals surface area (Å²) in [4.78, 5) is 9.76. The Morgan fingerprint density at radius 1 is 1.24 bits per heavy atom. The van der Waals surface area contributed by atoms with Gasteiger partial charge < -0.3 is 15.0 Å². The van der Waals surface area contributed by atoms with Crippen LogP contribution in [0.2, 0.25) is 0 Å². The van der Waals surface area contributed by atoms with Crippen LogP contribution in [0.3, 0.4) is 0 Å². The average molecular weight is 394 g/mol. The Morgan fingerprint density at radius 2 is 2.03 bits per heavy atom. The highest BCUT2D eigenvalue weighted by Crippen LogP contribution is 2.31. The van der Waals surface area contributed by atoms with Crippen molar-refractivity contribution in [3.8, 4) is 5.88 Å². The van der Waals surface area contributed by atoms with Gasteiger partial charge in [0.05, 0.1) is 16.8 Å². The van der Waals surface area contributed by atoms with Gasteiger partial charge in [-0.2, -0.15) is 0 Å². The number of nitrogens with zero attached hydrogens (tertiary/aromatic N) is 2. The predicted octanol–water partition coefficient (Wildman–Crippen LogP) is 6.09. The fraction of sp³-hybridized carbons (Fsp3) is 0.375. The molecule has 1 aromatic heterocycles. The second kappa shape index (κ2) is 8.27. The summed E-state index contributed by atoms with van der Waals surface area (Å²) in [7, 11) is 0. The Morgan fingerprint density at radius 3 is 2.76 bits per heavy atom. The molecule has 0 saturated carbocycles. The molecule has 29 heavy (non-hydrogen) atoms. The number of rotatable bonds is 5. The number of aliphatic imine (C=N–C) groups is 1. The van der Waals surface area contributed by atoms with Crippen LogP contribution in [0.25, 0.3) is 10.9 Å². The zero-order valence-electron chi connectivity index (χ0n) is 17.1. The van der Waals surface area contributed by atoms with E-state index in [4.69, 9.17) is 0 Å². The van der Waals surface area contributed by atoms with Gasteiger partial charge in [-0.3, -0.25) is 4.99 Å². The van der Waals surface area contributed by atoms with E-state index < -0.39 is 0 Å². The lowest BCUT2D eigenvalue weighted by atomic mass is 9.92. The molecule has 2 N–H and O–H groups in total. The number of aromatic nitrogens is 1. The molecule has 1 aliphatic rings. The molecule has 4 rings (SSSR count). The first-order valence-corrected chi connectivity index (χ1v) is 10.5. The first-order valence-electron chi connectivity index (χ1n) is 10.5. The summed E-state index contributed by atoms with van der Waals surface area (Å²) in [6.45, 7) is 6.59. The van der Waals surface area contributed by atoms with Crippen molar-refractivity contribution in [2.24, 2.45) is 10.9 Å². The first kappa shape index (κ1) is 19.5. The van der Waals surface area contributed by atoms with Gasteiger partial charge in [-0.1, -0.05) is 25.8 Å². The molecule has 0 bridgehead atoms. The molecule has 1 aliphatic heterocycles. The largest absolute Gasteiger partial charge is 0.494 e. The van der Waals surface area contributed by atoms with Gasteiger partial charge in [-0.15, -0.1) is 0 Å². The third-order valence-electron chi connectivity index (χ3n) is 5.97. The topological polar surface area (TPSA) is 51.6 Å². The zero-order valence-corrected chi connectivity index (χ0v) is 17.1. The Bertz CT molecular complexity index is 1030. The summed E-state index contributed by atoms with van der Waals surface area (Å²) < 4.78 is 14.2. The molecule has 0 radical (unpaired) electrons. The predicted molar refractivity (Wildman–Crippen MR) is 118 cm³/mol. The number of hydrogen-bond acceptors (Lipinski definition) is 3. The molecule has 5 heteroatoms. The van der Waals surface area contributed by atoms with Crippen molar-refractivity contribution in [2.75, 3.05) is 18.0 Å². The SMILES string of the molecule is CCCC1CCN(c2ccc(N=Cc3c(O)[nH]c4cccc(F)c34)cc2C)CC1. The van der Waals surface area contributed by atoms with Crippen LogP contribution in [0.15, 0.2) is 41.4 Å². The molecule has 152 valence electrons. The summed E-state index contributed by atoms with van der Waals surface area (Å²) in [5.41, 5.74) is 4.17.